The summed E-state index contributed by atoms with van der Waals surface area (Å²) in [7, 11) is 0. The Bertz CT molecular complexity index is 931. The van der Waals surface area contributed by atoms with Gasteiger partial charge in [0.05, 0.1) is 5.69 Å². The van der Waals surface area contributed by atoms with Gasteiger partial charge in [-0.05, 0) is 24.6 Å². The van der Waals surface area contributed by atoms with Gasteiger partial charge in [-0.15, -0.1) is 0 Å². The van der Waals surface area contributed by atoms with Crippen LogP contribution in [0.3, 0.4) is 0 Å². The van der Waals surface area contributed by atoms with Crippen LogP contribution in [-0.2, 0) is 16.6 Å². The molecule has 0 aliphatic carbocycles. The number of oxazole rings is 1. The van der Waals surface area contributed by atoms with E-state index in [9.17, 15) is 4.79 Å². The predicted octanol–water partition coefficient (Wildman–Crippen LogP) is 5.44. The third kappa shape index (κ3) is 5.10. The Labute approximate surface area is 174 Å². The van der Waals surface area contributed by atoms with E-state index in [1.54, 1.807) is 0 Å². The number of rotatable bonds is 7. The van der Waals surface area contributed by atoms with Crippen LogP contribution < -0.4 is 5.32 Å². The molecule has 2 aromatic carbocycles. The number of carbonyl (C=O) groups excluding carboxylic acids is 1. The molecule has 0 saturated heterocycles. The molecule has 4 nitrogen and oxygen atoms in total. The number of aromatic nitrogens is 1. The third-order valence-electron chi connectivity index (χ3n) is 4.80. The quantitative estimate of drug-likeness (QED) is 0.531. The van der Waals surface area contributed by atoms with E-state index in [2.05, 4.69) is 52.2 Å². The highest BCUT2D eigenvalue weighted by atomic mass is 79.9. The molecule has 3 rings (SSSR count). The number of halogens is 1. The molecule has 28 heavy (non-hydrogen) atoms. The minimum Gasteiger partial charge on any atom is -0.440 e. The molecule has 5 heteroatoms. The Kier molecular flexibility index (Phi) is 6.35. The maximum absolute atomic E-state index is 12.3. The Hall–Kier alpha value is -2.40. The number of hydrogen-bond acceptors (Lipinski definition) is 3. The van der Waals surface area contributed by atoms with Crippen molar-refractivity contribution in [2.75, 3.05) is 6.54 Å². The van der Waals surface area contributed by atoms with Gasteiger partial charge in [0.15, 0.2) is 11.7 Å². The lowest BCUT2D eigenvalue weighted by molar-refractivity contribution is -0.121. The van der Waals surface area contributed by atoms with Crippen molar-refractivity contribution in [3.63, 3.8) is 0 Å². The summed E-state index contributed by atoms with van der Waals surface area (Å²) in [6, 6.07) is 18.1. The second-order valence-corrected chi connectivity index (χ2v) is 8.47. The topological polar surface area (TPSA) is 55.1 Å². The first-order chi connectivity index (χ1) is 13.3. The lowest BCUT2D eigenvalue weighted by Gasteiger charge is -2.25. The van der Waals surface area contributed by atoms with Crippen LogP contribution in [-0.4, -0.2) is 17.4 Å². The van der Waals surface area contributed by atoms with E-state index >= 15 is 0 Å². The molecule has 0 saturated carbocycles. The number of hydrogen-bond donors (Lipinski definition) is 1. The van der Waals surface area contributed by atoms with E-state index in [4.69, 9.17) is 4.42 Å². The van der Waals surface area contributed by atoms with Gasteiger partial charge in [0.25, 0.3) is 0 Å². The Morgan fingerprint density at radius 3 is 2.46 bits per heavy atom. The summed E-state index contributed by atoms with van der Waals surface area (Å²) in [5.74, 6) is 1.37. The summed E-state index contributed by atoms with van der Waals surface area (Å²) in [4.78, 5) is 16.8. The van der Waals surface area contributed by atoms with Crippen LogP contribution in [0.4, 0.5) is 0 Å². The summed E-state index contributed by atoms with van der Waals surface area (Å²) < 4.78 is 6.93. The zero-order valence-electron chi connectivity index (χ0n) is 16.5. The van der Waals surface area contributed by atoms with Crippen molar-refractivity contribution in [3.05, 3.63) is 76.2 Å². The number of aryl methyl sites for hydroxylation is 2. The van der Waals surface area contributed by atoms with E-state index < -0.39 is 0 Å². The summed E-state index contributed by atoms with van der Waals surface area (Å²) in [5.41, 5.74) is 2.89. The molecule has 0 radical (unpaired) electrons. The van der Waals surface area contributed by atoms with Crippen LogP contribution in [0.15, 0.2) is 63.5 Å². The van der Waals surface area contributed by atoms with Gasteiger partial charge in [-0.3, -0.25) is 4.79 Å². The zero-order valence-corrected chi connectivity index (χ0v) is 18.0. The summed E-state index contributed by atoms with van der Waals surface area (Å²) in [6.07, 6.45) is 0.836. The van der Waals surface area contributed by atoms with Crippen molar-refractivity contribution < 1.29 is 9.21 Å². The van der Waals surface area contributed by atoms with E-state index in [0.717, 1.165) is 21.5 Å². The smallest absolute Gasteiger partial charge is 0.220 e. The summed E-state index contributed by atoms with van der Waals surface area (Å²) in [6.45, 7) is 6.75. The fourth-order valence-corrected chi connectivity index (χ4v) is 3.31. The second kappa shape index (κ2) is 8.74. The molecule has 0 bridgehead atoms. The number of nitrogens with one attached hydrogen (secondary N) is 1. The molecule has 0 aliphatic heterocycles. The van der Waals surface area contributed by atoms with Gasteiger partial charge in [0.1, 0.15) is 0 Å². The van der Waals surface area contributed by atoms with Crippen molar-refractivity contribution in [1.82, 2.24) is 10.3 Å². The van der Waals surface area contributed by atoms with Crippen LogP contribution in [0.25, 0.3) is 11.3 Å². The number of amides is 1. The Morgan fingerprint density at radius 1 is 1.11 bits per heavy atom. The lowest BCUT2D eigenvalue weighted by Crippen LogP contribution is -2.36. The van der Waals surface area contributed by atoms with Gasteiger partial charge in [-0.25, -0.2) is 4.98 Å². The molecule has 0 spiro atoms. The molecule has 1 heterocycles. The first-order valence-corrected chi connectivity index (χ1v) is 10.2. The monoisotopic (exact) mass is 440 g/mol. The summed E-state index contributed by atoms with van der Waals surface area (Å²) in [5, 5.41) is 3.04. The minimum absolute atomic E-state index is 0.00213. The third-order valence-corrected chi connectivity index (χ3v) is 5.32. The molecule has 0 fully saturated rings. The van der Waals surface area contributed by atoms with Crippen molar-refractivity contribution >= 4 is 21.8 Å². The molecule has 0 atom stereocenters. The highest BCUT2D eigenvalue weighted by Crippen LogP contribution is 2.25. The van der Waals surface area contributed by atoms with Gasteiger partial charge in [-0.2, -0.15) is 0 Å². The fourth-order valence-electron chi connectivity index (χ4n) is 3.05. The van der Waals surface area contributed by atoms with Gasteiger partial charge >= 0.3 is 0 Å². The van der Waals surface area contributed by atoms with Crippen LogP contribution in [0.5, 0.6) is 0 Å². The molecular weight excluding hydrogens is 416 g/mol. The minimum atomic E-state index is -0.143. The predicted molar refractivity (Wildman–Crippen MR) is 115 cm³/mol. The zero-order chi connectivity index (χ0) is 20.1. The van der Waals surface area contributed by atoms with Crippen LogP contribution in [0, 0.1) is 6.92 Å². The normalized spacial score (nSPS) is 11.4. The second-order valence-electron chi connectivity index (χ2n) is 7.56. The molecule has 1 aromatic heterocycles. The summed E-state index contributed by atoms with van der Waals surface area (Å²) >= 11 is 3.45. The van der Waals surface area contributed by atoms with Gasteiger partial charge in [0, 0.05) is 34.8 Å². The maximum atomic E-state index is 12.3. The first kappa shape index (κ1) is 20.3. The van der Waals surface area contributed by atoms with Crippen LogP contribution in [0.1, 0.15) is 37.4 Å². The van der Waals surface area contributed by atoms with E-state index in [1.807, 2.05) is 49.4 Å². The average molecular weight is 441 g/mol. The van der Waals surface area contributed by atoms with Gasteiger partial charge in [-0.1, -0.05) is 72.2 Å². The highest BCUT2D eigenvalue weighted by molar-refractivity contribution is 9.10. The van der Waals surface area contributed by atoms with Gasteiger partial charge in [0.2, 0.25) is 5.91 Å². The van der Waals surface area contributed by atoms with E-state index in [-0.39, 0.29) is 11.3 Å². The molecule has 0 aliphatic rings. The Morgan fingerprint density at radius 2 is 1.79 bits per heavy atom. The molecular formula is C23H25BrN2O2. The van der Waals surface area contributed by atoms with Crippen molar-refractivity contribution in [2.24, 2.45) is 0 Å². The largest absolute Gasteiger partial charge is 0.440 e. The number of benzene rings is 2. The van der Waals surface area contributed by atoms with Crippen LogP contribution in [0.2, 0.25) is 0 Å². The standard InChI is InChI=1S/C23H25BrN2O2/c1-16-22(17-7-5-4-6-8-17)28-21(26-16)14-13-20(27)25-15-23(2,3)18-9-11-19(24)12-10-18/h4-12H,13-15H2,1-3H3,(H,25,27). The first-order valence-electron chi connectivity index (χ1n) is 9.39. The van der Waals surface area contributed by atoms with Crippen molar-refractivity contribution in [2.45, 2.75) is 39.0 Å². The lowest BCUT2D eigenvalue weighted by atomic mass is 9.84. The Balaban J connectivity index is 1.54. The number of nitrogens with zero attached hydrogens (tertiary/aromatic N) is 1. The molecule has 1 amide bonds. The SMILES string of the molecule is Cc1nc(CCC(=O)NCC(C)(C)c2ccc(Br)cc2)oc1-c1ccccc1. The fraction of sp³-hybridized carbons (Fsp3) is 0.304. The van der Waals surface area contributed by atoms with Gasteiger partial charge < -0.3 is 9.73 Å². The molecule has 146 valence electrons. The van der Waals surface area contributed by atoms with Crippen LogP contribution >= 0.6 is 15.9 Å². The number of carbonyl (C=O) groups is 1. The molecule has 0 unspecified atom stereocenters. The maximum Gasteiger partial charge on any atom is 0.220 e. The van der Waals surface area contributed by atoms with Crippen molar-refractivity contribution in [3.8, 4) is 11.3 Å². The highest BCUT2D eigenvalue weighted by Gasteiger charge is 2.21. The van der Waals surface area contributed by atoms with Crippen molar-refractivity contribution in [1.29, 1.82) is 0 Å². The molecule has 1 N–H and O–H groups in total. The average Bonchev–Trinajstić information content (AvgIpc) is 3.06. The van der Waals surface area contributed by atoms with E-state index in [0.29, 0.717) is 25.3 Å². The molecule has 3 aromatic rings. The van der Waals surface area contributed by atoms with E-state index in [1.165, 1.54) is 5.56 Å².